The molecule has 6 heteroatoms. The summed E-state index contributed by atoms with van der Waals surface area (Å²) in [5.74, 6) is 0.695. The Kier molecular flexibility index (Phi) is 4.19. The number of rotatable bonds is 5. The van der Waals surface area contributed by atoms with E-state index in [9.17, 15) is 4.79 Å². The van der Waals surface area contributed by atoms with Gasteiger partial charge >= 0.3 is 0 Å². The fourth-order valence-corrected chi connectivity index (χ4v) is 3.99. The molecule has 0 aliphatic heterocycles. The third-order valence-corrected chi connectivity index (χ3v) is 5.21. The van der Waals surface area contributed by atoms with Gasteiger partial charge in [-0.25, -0.2) is 4.98 Å². The lowest BCUT2D eigenvalue weighted by Crippen LogP contribution is -2.29. The zero-order chi connectivity index (χ0) is 14.8. The van der Waals surface area contributed by atoms with Gasteiger partial charge in [-0.1, -0.05) is 0 Å². The molecule has 4 nitrogen and oxygen atoms in total. The molecule has 3 aromatic heterocycles. The van der Waals surface area contributed by atoms with Gasteiger partial charge in [0.25, 0.3) is 5.56 Å². The van der Waals surface area contributed by atoms with Crippen LogP contribution in [0.25, 0.3) is 10.2 Å². The van der Waals surface area contributed by atoms with Crippen LogP contribution in [0.4, 0.5) is 0 Å². The summed E-state index contributed by atoms with van der Waals surface area (Å²) in [6.45, 7) is 4.85. The standard InChI is InChI=1S/C15H17N3OS2/c1-9(7-11-4-3-10(2)21-11)16-8-13-17-12-5-6-20-14(12)15(19)18-13/h3-6,9,16H,7-8H2,1-2H3,(H,17,18,19). The van der Waals surface area contributed by atoms with Gasteiger partial charge in [-0.15, -0.1) is 22.7 Å². The van der Waals surface area contributed by atoms with Crippen molar-refractivity contribution in [1.29, 1.82) is 0 Å². The van der Waals surface area contributed by atoms with E-state index in [0.29, 0.717) is 23.1 Å². The fourth-order valence-electron chi connectivity index (χ4n) is 2.25. The molecular weight excluding hydrogens is 302 g/mol. The minimum atomic E-state index is -0.0478. The third kappa shape index (κ3) is 3.40. The second kappa shape index (κ2) is 6.09. The van der Waals surface area contributed by atoms with Crippen LogP contribution >= 0.6 is 22.7 Å². The Bertz CT molecular complexity index is 802. The van der Waals surface area contributed by atoms with Crippen LogP contribution in [0, 0.1) is 6.92 Å². The quantitative estimate of drug-likeness (QED) is 0.760. The minimum Gasteiger partial charge on any atom is -0.308 e. The van der Waals surface area contributed by atoms with Crippen LogP contribution < -0.4 is 10.9 Å². The van der Waals surface area contributed by atoms with E-state index in [2.05, 4.69) is 41.3 Å². The first-order valence-corrected chi connectivity index (χ1v) is 8.56. The molecule has 0 aliphatic carbocycles. The Morgan fingerprint density at radius 2 is 2.24 bits per heavy atom. The van der Waals surface area contributed by atoms with Crippen molar-refractivity contribution in [3.63, 3.8) is 0 Å². The molecule has 0 radical (unpaired) electrons. The molecule has 0 saturated carbocycles. The number of nitrogens with one attached hydrogen (secondary N) is 2. The van der Waals surface area contributed by atoms with Crippen molar-refractivity contribution in [2.24, 2.45) is 0 Å². The fraction of sp³-hybridized carbons (Fsp3) is 0.333. The molecule has 0 spiro atoms. The minimum absolute atomic E-state index is 0.0478. The second-order valence-electron chi connectivity index (χ2n) is 5.15. The summed E-state index contributed by atoms with van der Waals surface area (Å²) in [6.07, 6.45) is 0.990. The topological polar surface area (TPSA) is 57.8 Å². The van der Waals surface area contributed by atoms with Crippen LogP contribution in [0.2, 0.25) is 0 Å². The van der Waals surface area contributed by atoms with E-state index in [4.69, 9.17) is 0 Å². The number of hydrogen-bond acceptors (Lipinski definition) is 5. The lowest BCUT2D eigenvalue weighted by Gasteiger charge is -2.12. The highest BCUT2D eigenvalue weighted by Gasteiger charge is 2.08. The zero-order valence-electron chi connectivity index (χ0n) is 12.0. The molecular formula is C15H17N3OS2. The van der Waals surface area contributed by atoms with E-state index in [-0.39, 0.29) is 5.56 Å². The first kappa shape index (κ1) is 14.4. The van der Waals surface area contributed by atoms with Crippen LogP contribution in [-0.4, -0.2) is 16.0 Å². The highest BCUT2D eigenvalue weighted by atomic mass is 32.1. The van der Waals surface area contributed by atoms with Crippen LogP contribution in [0.1, 0.15) is 22.5 Å². The van der Waals surface area contributed by atoms with Gasteiger partial charge in [0, 0.05) is 15.8 Å². The van der Waals surface area contributed by atoms with Crippen molar-refractivity contribution in [1.82, 2.24) is 15.3 Å². The van der Waals surface area contributed by atoms with E-state index in [1.54, 1.807) is 0 Å². The summed E-state index contributed by atoms with van der Waals surface area (Å²) in [5.41, 5.74) is 0.732. The predicted molar refractivity (Wildman–Crippen MR) is 89.3 cm³/mol. The molecule has 0 aromatic carbocycles. The number of H-pyrrole nitrogens is 1. The normalized spacial score (nSPS) is 12.9. The molecule has 0 amide bonds. The average Bonchev–Trinajstić information content (AvgIpc) is 3.06. The maximum Gasteiger partial charge on any atom is 0.268 e. The van der Waals surface area contributed by atoms with Crippen molar-refractivity contribution in [3.8, 4) is 0 Å². The largest absolute Gasteiger partial charge is 0.308 e. The van der Waals surface area contributed by atoms with Crippen LogP contribution in [0.5, 0.6) is 0 Å². The number of aromatic nitrogens is 2. The molecule has 3 aromatic rings. The molecule has 0 saturated heterocycles. The second-order valence-corrected chi connectivity index (χ2v) is 7.43. The van der Waals surface area contributed by atoms with Crippen LogP contribution in [0.3, 0.4) is 0 Å². The molecule has 0 aliphatic rings. The van der Waals surface area contributed by atoms with Gasteiger partial charge in [0.05, 0.1) is 12.1 Å². The van der Waals surface area contributed by atoms with Gasteiger partial charge in [0.2, 0.25) is 0 Å². The number of fused-ring (bicyclic) bond motifs is 1. The van der Waals surface area contributed by atoms with Crippen LogP contribution in [0.15, 0.2) is 28.4 Å². The summed E-state index contributed by atoms with van der Waals surface area (Å²) in [6, 6.07) is 6.55. The van der Waals surface area contributed by atoms with E-state index in [1.807, 2.05) is 22.8 Å². The Labute approximate surface area is 130 Å². The molecule has 21 heavy (non-hydrogen) atoms. The summed E-state index contributed by atoms with van der Waals surface area (Å²) < 4.78 is 0.695. The molecule has 0 bridgehead atoms. The maximum absolute atomic E-state index is 11.9. The Morgan fingerprint density at radius 3 is 3.00 bits per heavy atom. The van der Waals surface area contributed by atoms with Crippen molar-refractivity contribution < 1.29 is 0 Å². The number of hydrogen-bond donors (Lipinski definition) is 2. The van der Waals surface area contributed by atoms with Crippen molar-refractivity contribution in [2.75, 3.05) is 0 Å². The molecule has 1 atom stereocenters. The number of nitrogens with zero attached hydrogens (tertiary/aromatic N) is 1. The number of aromatic amines is 1. The summed E-state index contributed by atoms with van der Waals surface area (Å²) >= 11 is 3.26. The van der Waals surface area contributed by atoms with Crippen molar-refractivity contribution in [3.05, 3.63) is 49.5 Å². The Balaban J connectivity index is 1.64. The van der Waals surface area contributed by atoms with Crippen molar-refractivity contribution in [2.45, 2.75) is 32.9 Å². The molecule has 0 fully saturated rings. The van der Waals surface area contributed by atoms with E-state index < -0.39 is 0 Å². The number of thiophene rings is 2. The average molecular weight is 319 g/mol. The highest BCUT2D eigenvalue weighted by Crippen LogP contribution is 2.17. The summed E-state index contributed by atoms with van der Waals surface area (Å²) in [4.78, 5) is 21.9. The molecule has 2 N–H and O–H groups in total. The van der Waals surface area contributed by atoms with E-state index >= 15 is 0 Å². The van der Waals surface area contributed by atoms with Crippen molar-refractivity contribution >= 4 is 32.9 Å². The summed E-state index contributed by atoms with van der Waals surface area (Å²) in [5, 5.41) is 5.31. The zero-order valence-corrected chi connectivity index (χ0v) is 13.6. The molecule has 3 heterocycles. The molecule has 110 valence electrons. The molecule has 1 unspecified atom stereocenters. The van der Waals surface area contributed by atoms with Gasteiger partial charge in [0.1, 0.15) is 10.5 Å². The van der Waals surface area contributed by atoms with Crippen LogP contribution in [-0.2, 0) is 13.0 Å². The monoisotopic (exact) mass is 319 g/mol. The molecule has 3 rings (SSSR count). The summed E-state index contributed by atoms with van der Waals surface area (Å²) in [7, 11) is 0. The predicted octanol–water partition coefficient (Wildman–Crippen LogP) is 3.08. The van der Waals surface area contributed by atoms with Gasteiger partial charge in [-0.05, 0) is 43.8 Å². The highest BCUT2D eigenvalue weighted by molar-refractivity contribution is 7.17. The Hall–Kier alpha value is -1.50. The van der Waals surface area contributed by atoms with Gasteiger partial charge in [-0.2, -0.15) is 0 Å². The smallest absolute Gasteiger partial charge is 0.268 e. The first-order valence-electron chi connectivity index (χ1n) is 6.87. The maximum atomic E-state index is 11.9. The van der Waals surface area contributed by atoms with E-state index in [1.165, 1.54) is 21.1 Å². The lowest BCUT2D eigenvalue weighted by molar-refractivity contribution is 0.536. The first-order chi connectivity index (χ1) is 10.1. The SMILES string of the molecule is Cc1ccc(CC(C)NCc2nc3ccsc3c(=O)[nH]2)s1. The van der Waals surface area contributed by atoms with E-state index in [0.717, 1.165) is 11.9 Å². The lowest BCUT2D eigenvalue weighted by atomic mass is 10.2. The number of aryl methyl sites for hydroxylation is 1. The Morgan fingerprint density at radius 1 is 1.38 bits per heavy atom. The van der Waals surface area contributed by atoms with Gasteiger partial charge in [0.15, 0.2) is 0 Å². The van der Waals surface area contributed by atoms with Gasteiger partial charge in [-0.3, -0.25) is 4.79 Å². The van der Waals surface area contributed by atoms with Gasteiger partial charge < -0.3 is 10.3 Å². The third-order valence-electron chi connectivity index (χ3n) is 3.29.